The van der Waals surface area contributed by atoms with E-state index in [9.17, 15) is 9.18 Å². The van der Waals surface area contributed by atoms with Crippen LogP contribution in [0.3, 0.4) is 0 Å². The van der Waals surface area contributed by atoms with Crippen LogP contribution in [-0.4, -0.2) is 35.3 Å². The van der Waals surface area contributed by atoms with Crippen molar-refractivity contribution in [2.75, 3.05) is 25.6 Å². The van der Waals surface area contributed by atoms with Gasteiger partial charge in [-0.15, -0.1) is 0 Å². The van der Waals surface area contributed by atoms with Gasteiger partial charge in [0, 0.05) is 49.5 Å². The summed E-state index contributed by atoms with van der Waals surface area (Å²) in [5, 5.41) is 4.51. The first-order valence-electron chi connectivity index (χ1n) is 8.98. The van der Waals surface area contributed by atoms with Crippen LogP contribution >= 0.6 is 12.2 Å². The Morgan fingerprint density at radius 3 is 2.82 bits per heavy atom. The molecule has 2 N–H and O–H groups in total. The molecule has 28 heavy (non-hydrogen) atoms. The molecule has 1 heterocycles. The molecule has 1 aromatic heterocycles. The molecule has 0 bridgehead atoms. The molecule has 0 aliphatic rings. The maximum Gasteiger partial charge on any atom is 0.248 e. The summed E-state index contributed by atoms with van der Waals surface area (Å²) in [6.07, 6.45) is 0.766. The van der Waals surface area contributed by atoms with Crippen molar-refractivity contribution in [3.8, 4) is 0 Å². The number of hydrogen-bond donors (Lipinski definition) is 2. The molecule has 146 valence electrons. The number of hydrogen-bond acceptors (Lipinski definition) is 3. The fraction of sp³-hybridized carbons (Fsp3) is 0.238. The first-order valence-corrected chi connectivity index (χ1v) is 9.39. The maximum absolute atomic E-state index is 13.5. The summed E-state index contributed by atoms with van der Waals surface area (Å²) in [5.41, 5.74) is 2.08. The number of benzene rings is 2. The summed E-state index contributed by atoms with van der Waals surface area (Å²) in [6.45, 7) is 1.68. The third kappa shape index (κ3) is 5.15. The zero-order chi connectivity index (χ0) is 19.9. The van der Waals surface area contributed by atoms with E-state index in [-0.39, 0.29) is 11.4 Å². The van der Waals surface area contributed by atoms with Gasteiger partial charge in [-0.25, -0.2) is 4.39 Å². The van der Waals surface area contributed by atoms with E-state index in [2.05, 4.69) is 10.3 Å². The van der Waals surface area contributed by atoms with Crippen molar-refractivity contribution >= 4 is 33.9 Å². The quantitative estimate of drug-likeness (QED) is 0.466. The number of aromatic amines is 1. The predicted octanol–water partition coefficient (Wildman–Crippen LogP) is 3.90. The summed E-state index contributed by atoms with van der Waals surface area (Å²) >= 11 is 5.57. The van der Waals surface area contributed by atoms with E-state index < -0.39 is 0 Å². The van der Waals surface area contributed by atoms with E-state index in [0.29, 0.717) is 30.5 Å². The molecule has 3 rings (SSSR count). The lowest BCUT2D eigenvalue weighted by Crippen LogP contribution is -2.35. The normalized spacial score (nSPS) is 10.8. The Balaban J connectivity index is 1.85. The number of ether oxygens (including phenoxy) is 1. The highest BCUT2D eigenvalue weighted by atomic mass is 32.1. The average Bonchev–Trinajstić information content (AvgIpc) is 2.67. The van der Waals surface area contributed by atoms with E-state index in [1.165, 1.54) is 12.1 Å². The van der Waals surface area contributed by atoms with Crippen molar-refractivity contribution in [1.82, 2.24) is 9.88 Å². The minimum absolute atomic E-state index is 0.158. The van der Waals surface area contributed by atoms with E-state index in [0.717, 1.165) is 22.9 Å². The van der Waals surface area contributed by atoms with Gasteiger partial charge >= 0.3 is 0 Å². The highest BCUT2D eigenvalue weighted by Gasteiger charge is 2.13. The standard InChI is InChI=1S/C21H22FN3O2S/c1-27-11-5-10-25(21(28)23-17-7-4-6-16(22)13-17)14-15-12-20(26)24-19-9-3-2-8-18(15)19/h2-4,6-9,12-13H,5,10-11,14H2,1H3,(H,23,28)(H,24,26). The number of nitrogens with one attached hydrogen (secondary N) is 2. The third-order valence-corrected chi connectivity index (χ3v) is 4.70. The van der Waals surface area contributed by atoms with Gasteiger partial charge in [0.15, 0.2) is 5.11 Å². The largest absolute Gasteiger partial charge is 0.385 e. The van der Waals surface area contributed by atoms with E-state index in [4.69, 9.17) is 17.0 Å². The van der Waals surface area contributed by atoms with Gasteiger partial charge in [0.25, 0.3) is 0 Å². The molecule has 3 aromatic rings. The number of rotatable bonds is 7. The monoisotopic (exact) mass is 399 g/mol. The number of nitrogens with zero attached hydrogens (tertiary/aromatic N) is 1. The van der Waals surface area contributed by atoms with Crippen molar-refractivity contribution in [2.24, 2.45) is 0 Å². The lowest BCUT2D eigenvalue weighted by atomic mass is 10.1. The van der Waals surface area contributed by atoms with Gasteiger partial charge in [-0.05, 0) is 48.5 Å². The SMILES string of the molecule is COCCCN(Cc1cc(=O)[nH]c2ccccc12)C(=S)Nc1cccc(F)c1. The summed E-state index contributed by atoms with van der Waals surface area (Å²) in [6, 6.07) is 15.4. The molecule has 0 fully saturated rings. The van der Waals surface area contributed by atoms with Crippen LogP contribution in [0, 0.1) is 5.82 Å². The summed E-state index contributed by atoms with van der Waals surface area (Å²) < 4.78 is 18.6. The smallest absolute Gasteiger partial charge is 0.248 e. The highest BCUT2D eigenvalue weighted by Crippen LogP contribution is 2.18. The van der Waals surface area contributed by atoms with Crippen LogP contribution in [0.1, 0.15) is 12.0 Å². The number of fused-ring (bicyclic) bond motifs is 1. The number of thiocarbonyl (C=S) groups is 1. The van der Waals surface area contributed by atoms with Crippen LogP contribution < -0.4 is 10.9 Å². The molecule has 0 saturated carbocycles. The molecule has 0 saturated heterocycles. The molecule has 0 aliphatic heterocycles. The number of anilines is 1. The average molecular weight is 399 g/mol. The maximum atomic E-state index is 13.5. The topological polar surface area (TPSA) is 57.4 Å². The van der Waals surface area contributed by atoms with E-state index in [1.54, 1.807) is 25.3 Å². The van der Waals surface area contributed by atoms with Gasteiger partial charge in [0.2, 0.25) is 5.56 Å². The minimum Gasteiger partial charge on any atom is -0.385 e. The zero-order valence-corrected chi connectivity index (χ0v) is 16.4. The number of aromatic nitrogens is 1. The predicted molar refractivity (Wildman–Crippen MR) is 114 cm³/mol. The first-order chi connectivity index (χ1) is 13.6. The Bertz CT molecular complexity index is 1020. The van der Waals surface area contributed by atoms with Crippen LogP contribution in [0.2, 0.25) is 0 Å². The Labute approximate surface area is 168 Å². The molecule has 0 aliphatic carbocycles. The molecule has 0 atom stereocenters. The van der Waals surface area contributed by atoms with Gasteiger partial charge < -0.3 is 19.9 Å². The molecule has 5 nitrogen and oxygen atoms in total. The second-order valence-electron chi connectivity index (χ2n) is 6.41. The fourth-order valence-corrected chi connectivity index (χ4v) is 3.31. The number of H-pyrrole nitrogens is 1. The van der Waals surface area contributed by atoms with Crippen LogP contribution in [0.5, 0.6) is 0 Å². The van der Waals surface area contributed by atoms with Gasteiger partial charge in [-0.2, -0.15) is 0 Å². The lowest BCUT2D eigenvalue weighted by Gasteiger charge is -2.26. The summed E-state index contributed by atoms with van der Waals surface area (Å²) in [5.74, 6) is -0.334. The fourth-order valence-electron chi connectivity index (χ4n) is 3.03. The second-order valence-corrected chi connectivity index (χ2v) is 6.80. The van der Waals surface area contributed by atoms with Gasteiger partial charge in [-0.3, -0.25) is 4.79 Å². The number of halogens is 1. The molecular weight excluding hydrogens is 377 g/mol. The van der Waals surface area contributed by atoms with Crippen LogP contribution in [-0.2, 0) is 11.3 Å². The molecule has 0 amide bonds. The summed E-state index contributed by atoms with van der Waals surface area (Å²) in [4.78, 5) is 16.9. The Morgan fingerprint density at radius 1 is 1.21 bits per heavy atom. The Hall–Kier alpha value is -2.77. The minimum atomic E-state index is -0.334. The number of methoxy groups -OCH3 is 1. The van der Waals surface area contributed by atoms with E-state index in [1.807, 2.05) is 29.2 Å². The molecule has 0 radical (unpaired) electrons. The van der Waals surface area contributed by atoms with Crippen molar-refractivity contribution < 1.29 is 9.13 Å². The third-order valence-electron chi connectivity index (χ3n) is 4.34. The van der Waals surface area contributed by atoms with Crippen molar-refractivity contribution in [3.63, 3.8) is 0 Å². The highest BCUT2D eigenvalue weighted by molar-refractivity contribution is 7.80. The Morgan fingerprint density at radius 2 is 2.04 bits per heavy atom. The van der Waals surface area contributed by atoms with Crippen LogP contribution in [0.4, 0.5) is 10.1 Å². The number of pyridine rings is 1. The molecule has 0 spiro atoms. The van der Waals surface area contributed by atoms with Crippen molar-refractivity contribution in [2.45, 2.75) is 13.0 Å². The molecule has 2 aromatic carbocycles. The Kier molecular flexibility index (Phi) is 6.73. The zero-order valence-electron chi connectivity index (χ0n) is 15.6. The second kappa shape index (κ2) is 9.43. The van der Waals surface area contributed by atoms with Crippen LogP contribution in [0.25, 0.3) is 10.9 Å². The van der Waals surface area contributed by atoms with E-state index >= 15 is 0 Å². The lowest BCUT2D eigenvalue weighted by molar-refractivity contribution is 0.185. The first kappa shape index (κ1) is 20.0. The van der Waals surface area contributed by atoms with Crippen molar-refractivity contribution in [1.29, 1.82) is 0 Å². The van der Waals surface area contributed by atoms with Crippen molar-refractivity contribution in [3.05, 3.63) is 76.3 Å². The van der Waals surface area contributed by atoms with Gasteiger partial charge in [0.05, 0.1) is 0 Å². The molecular formula is C21H22FN3O2S. The van der Waals surface area contributed by atoms with Gasteiger partial charge in [0.1, 0.15) is 5.82 Å². The molecule has 0 unspecified atom stereocenters. The summed E-state index contributed by atoms with van der Waals surface area (Å²) in [7, 11) is 1.65. The van der Waals surface area contributed by atoms with Crippen LogP contribution in [0.15, 0.2) is 59.4 Å². The van der Waals surface area contributed by atoms with Gasteiger partial charge in [-0.1, -0.05) is 24.3 Å². The molecule has 7 heteroatoms. The number of para-hydroxylation sites is 1.